The first-order valence-electron chi connectivity index (χ1n) is 16.5. The molecule has 0 amide bonds. The van der Waals surface area contributed by atoms with E-state index in [0.717, 1.165) is 0 Å². The van der Waals surface area contributed by atoms with Crippen molar-refractivity contribution in [2.75, 3.05) is 6.26 Å². The minimum atomic E-state index is -0.555. The van der Waals surface area contributed by atoms with Crippen LogP contribution in [0.25, 0.3) is 49.4 Å². The quantitative estimate of drug-likeness (QED) is 0.173. The Kier molecular flexibility index (Phi) is 6.45. The maximum Gasteiger partial charge on any atom is 0.0756 e. The molecule has 1 unspecified atom stereocenters. The van der Waals surface area contributed by atoms with E-state index in [-0.39, 0.29) is 0 Å². The van der Waals surface area contributed by atoms with Gasteiger partial charge in [0, 0.05) is 15.7 Å². The first-order chi connectivity index (χ1) is 23.1. The van der Waals surface area contributed by atoms with Crippen LogP contribution in [0.1, 0.15) is 47.6 Å². The average molecular weight is 622 g/mol. The third-order valence-corrected chi connectivity index (χ3v) is 11.1. The van der Waals surface area contributed by atoms with Crippen LogP contribution in [0, 0.1) is 0 Å². The number of benzene rings is 7. The largest absolute Gasteiger partial charge is 0.309 e. The standard InChI is InChI=1S/C45H35NS/c1-29(2)32-27-26-31(34-18-12-15-30-14-4-5-16-33(30)34)28-40(32)45(38-21-8-11-25-43(38)47-3)37-20-7-10-24-42(37)46-41-23-9-6-17-35(41)36-19-13-22-39(45)44(36)46/h4-29H,1-3H3. The molecular formula is C45H35NS. The number of thioether (sulfide) groups is 1. The summed E-state index contributed by atoms with van der Waals surface area (Å²) in [5.74, 6) is 0.323. The van der Waals surface area contributed by atoms with Gasteiger partial charge in [0.05, 0.1) is 22.1 Å². The van der Waals surface area contributed by atoms with Crippen LogP contribution >= 0.6 is 11.8 Å². The van der Waals surface area contributed by atoms with Crippen LogP contribution in [-0.2, 0) is 5.41 Å². The highest BCUT2D eigenvalue weighted by atomic mass is 32.2. The van der Waals surface area contributed by atoms with Gasteiger partial charge in [-0.05, 0) is 86.2 Å². The number of fused-ring (bicyclic) bond motifs is 6. The van der Waals surface area contributed by atoms with Crippen molar-refractivity contribution in [3.05, 3.63) is 179 Å². The molecular weight excluding hydrogens is 587 g/mol. The molecule has 2 heterocycles. The van der Waals surface area contributed by atoms with Crippen molar-refractivity contribution in [3.8, 4) is 16.8 Å². The summed E-state index contributed by atoms with van der Waals surface area (Å²) in [5.41, 5.74) is 12.5. The van der Waals surface area contributed by atoms with Gasteiger partial charge >= 0.3 is 0 Å². The van der Waals surface area contributed by atoms with Crippen molar-refractivity contribution in [1.29, 1.82) is 0 Å². The van der Waals surface area contributed by atoms with Crippen LogP contribution in [0.2, 0.25) is 0 Å². The summed E-state index contributed by atoms with van der Waals surface area (Å²) in [4.78, 5) is 1.30. The molecule has 1 nitrogen and oxygen atoms in total. The van der Waals surface area contributed by atoms with E-state index in [1.165, 1.54) is 82.1 Å². The Morgan fingerprint density at radius 1 is 0.553 bits per heavy atom. The zero-order valence-electron chi connectivity index (χ0n) is 26.9. The summed E-state index contributed by atoms with van der Waals surface area (Å²) in [6.45, 7) is 4.69. The Labute approximate surface area is 280 Å². The van der Waals surface area contributed by atoms with Gasteiger partial charge in [-0.3, -0.25) is 0 Å². The van der Waals surface area contributed by atoms with Crippen molar-refractivity contribution in [2.45, 2.75) is 30.1 Å². The molecule has 0 spiro atoms. The van der Waals surface area contributed by atoms with Gasteiger partial charge in [0.15, 0.2) is 0 Å². The first kappa shape index (κ1) is 28.2. The monoisotopic (exact) mass is 621 g/mol. The van der Waals surface area contributed by atoms with Crippen LogP contribution in [0.15, 0.2) is 157 Å². The molecule has 0 aliphatic carbocycles. The van der Waals surface area contributed by atoms with Gasteiger partial charge in [0.25, 0.3) is 0 Å². The number of nitrogens with zero attached hydrogens (tertiary/aromatic N) is 1. The van der Waals surface area contributed by atoms with Crippen molar-refractivity contribution in [2.24, 2.45) is 0 Å². The predicted octanol–water partition coefficient (Wildman–Crippen LogP) is 12.1. The lowest BCUT2D eigenvalue weighted by Crippen LogP contribution is -2.37. The van der Waals surface area contributed by atoms with Crippen LogP contribution in [0.3, 0.4) is 0 Å². The molecule has 1 atom stereocenters. The van der Waals surface area contributed by atoms with Crippen LogP contribution in [-0.4, -0.2) is 10.8 Å². The molecule has 226 valence electrons. The summed E-state index contributed by atoms with van der Waals surface area (Å²) in [5, 5.41) is 5.14. The Morgan fingerprint density at radius 3 is 2.06 bits per heavy atom. The van der Waals surface area contributed by atoms with Crippen LogP contribution < -0.4 is 0 Å². The Balaban J connectivity index is 1.52. The molecule has 0 radical (unpaired) electrons. The fourth-order valence-corrected chi connectivity index (χ4v) is 9.07. The summed E-state index contributed by atoms with van der Waals surface area (Å²) in [6, 6.07) is 56.9. The molecule has 1 aliphatic rings. The van der Waals surface area contributed by atoms with Crippen molar-refractivity contribution >= 4 is 44.3 Å². The molecule has 2 heteroatoms. The molecule has 47 heavy (non-hydrogen) atoms. The smallest absolute Gasteiger partial charge is 0.0756 e. The molecule has 1 aliphatic heterocycles. The van der Waals surface area contributed by atoms with E-state index in [1.807, 2.05) is 11.8 Å². The molecule has 9 rings (SSSR count). The fourth-order valence-electron chi connectivity index (χ4n) is 8.41. The van der Waals surface area contributed by atoms with Gasteiger partial charge < -0.3 is 4.57 Å². The van der Waals surface area contributed by atoms with E-state index in [2.05, 4.69) is 176 Å². The lowest BCUT2D eigenvalue weighted by molar-refractivity contribution is 0.689. The molecule has 0 saturated heterocycles. The number of para-hydroxylation sites is 3. The number of hydrogen-bond acceptors (Lipinski definition) is 1. The zero-order chi connectivity index (χ0) is 31.7. The lowest BCUT2D eigenvalue weighted by atomic mass is 9.61. The lowest BCUT2D eigenvalue weighted by Gasteiger charge is -2.44. The van der Waals surface area contributed by atoms with Gasteiger partial charge in [0.2, 0.25) is 0 Å². The molecule has 8 aromatic rings. The van der Waals surface area contributed by atoms with Gasteiger partial charge in [-0.2, -0.15) is 0 Å². The Morgan fingerprint density at radius 2 is 1.21 bits per heavy atom. The highest BCUT2D eigenvalue weighted by Gasteiger charge is 2.47. The van der Waals surface area contributed by atoms with Crippen molar-refractivity contribution in [3.63, 3.8) is 0 Å². The number of hydrogen-bond donors (Lipinski definition) is 0. The molecule has 1 aromatic heterocycles. The van der Waals surface area contributed by atoms with Gasteiger partial charge in [-0.1, -0.05) is 141 Å². The second-order valence-corrected chi connectivity index (χ2v) is 13.9. The minimum absolute atomic E-state index is 0.323. The van der Waals surface area contributed by atoms with Gasteiger partial charge in [0.1, 0.15) is 0 Å². The average Bonchev–Trinajstić information content (AvgIpc) is 3.47. The maximum atomic E-state index is 2.53. The minimum Gasteiger partial charge on any atom is -0.309 e. The maximum absolute atomic E-state index is 2.53. The SMILES string of the molecule is CSc1ccccc1C1(c2cc(-c3cccc4ccccc34)ccc2C(C)C)c2ccccc2-n2c3ccccc3c3cccc1c32. The van der Waals surface area contributed by atoms with E-state index in [1.54, 1.807) is 0 Å². The molecule has 0 bridgehead atoms. The van der Waals surface area contributed by atoms with Gasteiger partial charge in [-0.15, -0.1) is 11.8 Å². The third kappa shape index (κ3) is 3.92. The van der Waals surface area contributed by atoms with E-state index < -0.39 is 5.41 Å². The molecule has 0 saturated carbocycles. The second kappa shape index (κ2) is 10.8. The normalized spacial score (nSPS) is 15.5. The van der Waals surface area contributed by atoms with Crippen molar-refractivity contribution in [1.82, 2.24) is 4.57 Å². The van der Waals surface area contributed by atoms with Crippen molar-refractivity contribution < 1.29 is 0 Å². The number of aromatic nitrogens is 1. The second-order valence-electron chi connectivity index (χ2n) is 13.0. The predicted molar refractivity (Wildman–Crippen MR) is 201 cm³/mol. The fraction of sp³-hybridized carbons (Fsp3) is 0.111. The van der Waals surface area contributed by atoms with E-state index in [9.17, 15) is 0 Å². The van der Waals surface area contributed by atoms with E-state index in [4.69, 9.17) is 0 Å². The highest BCUT2D eigenvalue weighted by Crippen LogP contribution is 2.57. The van der Waals surface area contributed by atoms with Gasteiger partial charge in [-0.25, -0.2) is 0 Å². The highest BCUT2D eigenvalue weighted by molar-refractivity contribution is 7.98. The Hall–Kier alpha value is -5.05. The number of rotatable bonds is 5. The topological polar surface area (TPSA) is 4.93 Å². The first-order valence-corrected chi connectivity index (χ1v) is 17.7. The zero-order valence-corrected chi connectivity index (χ0v) is 27.7. The molecule has 7 aromatic carbocycles. The third-order valence-electron chi connectivity index (χ3n) is 10.3. The summed E-state index contributed by atoms with van der Waals surface area (Å²) in [6.07, 6.45) is 2.22. The molecule has 0 fully saturated rings. The molecule has 0 N–H and O–H groups in total. The Bertz CT molecular complexity index is 2490. The van der Waals surface area contributed by atoms with Crippen LogP contribution in [0.4, 0.5) is 0 Å². The summed E-state index contributed by atoms with van der Waals surface area (Å²) in [7, 11) is 0. The van der Waals surface area contributed by atoms with E-state index in [0.29, 0.717) is 5.92 Å². The van der Waals surface area contributed by atoms with E-state index >= 15 is 0 Å². The summed E-state index contributed by atoms with van der Waals surface area (Å²) < 4.78 is 2.53. The summed E-state index contributed by atoms with van der Waals surface area (Å²) >= 11 is 1.84. The van der Waals surface area contributed by atoms with Crippen LogP contribution in [0.5, 0.6) is 0 Å².